The first-order valence-electron chi connectivity index (χ1n) is 7.11. The molecule has 134 valence electrons. The molecule has 10 heteroatoms. The lowest BCUT2D eigenvalue weighted by molar-refractivity contribution is -0.387. The van der Waals surface area contributed by atoms with Crippen LogP contribution in [0, 0.1) is 16.0 Å². The van der Waals surface area contributed by atoms with Gasteiger partial charge in [0.05, 0.1) is 30.1 Å². The first-order valence-corrected chi connectivity index (χ1v) is 8.59. The van der Waals surface area contributed by atoms with E-state index in [1.807, 2.05) is 0 Å². The van der Waals surface area contributed by atoms with Crippen LogP contribution in [0.3, 0.4) is 0 Å². The Kier molecular flexibility index (Phi) is 6.67. The number of nitro benzene ring substituents is 1. The second-order valence-electron chi connectivity index (χ2n) is 5.33. The highest BCUT2D eigenvalue weighted by molar-refractivity contribution is 7.89. The number of sulfonamides is 1. The van der Waals surface area contributed by atoms with E-state index >= 15 is 0 Å². The zero-order chi connectivity index (χ0) is 18.5. The maximum Gasteiger partial charge on any atom is 0.310 e. The predicted octanol–water partition coefficient (Wildman–Crippen LogP) is 1.47. The molecule has 0 heterocycles. The maximum absolute atomic E-state index is 12.3. The number of benzene rings is 1. The number of hydrogen-bond acceptors (Lipinski definition) is 7. The number of ether oxygens (including phenoxy) is 2. The maximum atomic E-state index is 12.3. The van der Waals surface area contributed by atoms with E-state index in [0.29, 0.717) is 0 Å². The van der Waals surface area contributed by atoms with Gasteiger partial charge < -0.3 is 9.47 Å². The fourth-order valence-corrected chi connectivity index (χ4v) is 3.02. The van der Waals surface area contributed by atoms with Crippen molar-refractivity contribution in [2.45, 2.75) is 31.8 Å². The first-order chi connectivity index (χ1) is 11.1. The molecule has 1 N–H and O–H groups in total. The molecule has 24 heavy (non-hydrogen) atoms. The Morgan fingerprint density at radius 3 is 2.46 bits per heavy atom. The number of rotatable bonds is 8. The summed E-state index contributed by atoms with van der Waals surface area (Å²) >= 11 is 0. The third kappa shape index (κ3) is 5.17. The minimum absolute atomic E-state index is 0.162. The summed E-state index contributed by atoms with van der Waals surface area (Å²) in [5.74, 6) is -1.13. The topological polar surface area (TPSA) is 125 Å². The van der Waals surface area contributed by atoms with Gasteiger partial charge in [-0.05, 0) is 26.0 Å². The van der Waals surface area contributed by atoms with E-state index in [2.05, 4.69) is 4.72 Å². The van der Waals surface area contributed by atoms with Crippen molar-refractivity contribution in [3.63, 3.8) is 0 Å². The van der Waals surface area contributed by atoms with Gasteiger partial charge >= 0.3 is 5.97 Å². The van der Waals surface area contributed by atoms with Crippen molar-refractivity contribution in [2.75, 3.05) is 13.7 Å². The monoisotopic (exact) mass is 360 g/mol. The summed E-state index contributed by atoms with van der Waals surface area (Å²) in [6.07, 6.45) is -0.320. The van der Waals surface area contributed by atoms with Crippen LogP contribution in [-0.4, -0.2) is 39.1 Å². The van der Waals surface area contributed by atoms with Gasteiger partial charge in [-0.25, -0.2) is 13.1 Å². The molecule has 0 spiro atoms. The summed E-state index contributed by atoms with van der Waals surface area (Å²) in [5.41, 5.74) is -0.612. The molecule has 0 aromatic heterocycles. The van der Waals surface area contributed by atoms with Gasteiger partial charge in [0.25, 0.3) is 5.69 Å². The summed E-state index contributed by atoms with van der Waals surface area (Å²) in [5, 5.41) is 11.1. The fraction of sp³-hybridized carbons (Fsp3) is 0.500. The van der Waals surface area contributed by atoms with Gasteiger partial charge in [-0.3, -0.25) is 14.9 Å². The van der Waals surface area contributed by atoms with E-state index in [4.69, 9.17) is 9.47 Å². The normalized spacial score (nSPS) is 12.7. The standard InChI is InChI=1S/C14H20N2O7S/c1-9(2)23-14(17)10(3)8-15-24(20,21)13-6-5-11(22-4)7-12(13)16(18)19/h5-7,9-10,15H,8H2,1-4H3. The van der Waals surface area contributed by atoms with Gasteiger partial charge in [0.15, 0.2) is 4.90 Å². The second-order valence-corrected chi connectivity index (χ2v) is 7.06. The van der Waals surface area contributed by atoms with Gasteiger partial charge in [0.1, 0.15) is 5.75 Å². The molecule has 1 aromatic rings. The van der Waals surface area contributed by atoms with E-state index < -0.39 is 37.4 Å². The Morgan fingerprint density at radius 2 is 1.96 bits per heavy atom. The smallest absolute Gasteiger partial charge is 0.310 e. The van der Waals surface area contributed by atoms with Gasteiger partial charge in [0.2, 0.25) is 10.0 Å². The van der Waals surface area contributed by atoms with Gasteiger partial charge in [-0.1, -0.05) is 6.92 Å². The molecule has 0 fully saturated rings. The SMILES string of the molecule is COc1ccc(S(=O)(=O)NCC(C)C(=O)OC(C)C)c([N+](=O)[O-])c1. The minimum Gasteiger partial charge on any atom is -0.497 e. The Labute approximate surface area is 140 Å². The molecular formula is C14H20N2O7S. The number of hydrogen-bond donors (Lipinski definition) is 1. The summed E-state index contributed by atoms with van der Waals surface area (Å²) in [6, 6.07) is 3.40. The molecule has 1 rings (SSSR count). The largest absolute Gasteiger partial charge is 0.497 e. The number of esters is 1. The number of carbonyl (C=O) groups excluding carboxylic acids is 1. The van der Waals surface area contributed by atoms with Crippen LogP contribution in [0.1, 0.15) is 20.8 Å². The number of carbonyl (C=O) groups is 1. The van der Waals surface area contributed by atoms with E-state index in [1.165, 1.54) is 20.1 Å². The van der Waals surface area contributed by atoms with Crippen LogP contribution in [-0.2, 0) is 19.6 Å². The summed E-state index contributed by atoms with van der Waals surface area (Å²) in [6.45, 7) is 4.61. The summed E-state index contributed by atoms with van der Waals surface area (Å²) in [4.78, 5) is 21.5. The van der Waals surface area contributed by atoms with Crippen molar-refractivity contribution in [1.29, 1.82) is 0 Å². The lowest BCUT2D eigenvalue weighted by atomic mass is 10.2. The number of nitrogens with one attached hydrogen (secondary N) is 1. The van der Waals surface area contributed by atoms with Crippen LogP contribution in [0.5, 0.6) is 5.75 Å². The third-order valence-corrected chi connectivity index (χ3v) is 4.46. The van der Waals surface area contributed by atoms with Crippen molar-refractivity contribution in [3.8, 4) is 5.75 Å². The minimum atomic E-state index is -4.17. The van der Waals surface area contributed by atoms with Crippen molar-refractivity contribution in [3.05, 3.63) is 28.3 Å². The van der Waals surface area contributed by atoms with Crippen LogP contribution >= 0.6 is 0 Å². The molecule has 9 nitrogen and oxygen atoms in total. The number of methoxy groups -OCH3 is 1. The quantitative estimate of drug-likeness (QED) is 0.423. The molecule has 0 aliphatic rings. The van der Waals surface area contributed by atoms with Crippen LogP contribution in [0.4, 0.5) is 5.69 Å². The predicted molar refractivity (Wildman–Crippen MR) is 85.2 cm³/mol. The van der Waals surface area contributed by atoms with Crippen molar-refractivity contribution in [2.24, 2.45) is 5.92 Å². The van der Waals surface area contributed by atoms with E-state index in [-0.39, 0.29) is 18.4 Å². The number of nitro groups is 1. The molecule has 0 aliphatic heterocycles. The second kappa shape index (κ2) is 8.06. The zero-order valence-electron chi connectivity index (χ0n) is 13.8. The number of nitrogens with zero attached hydrogens (tertiary/aromatic N) is 1. The van der Waals surface area contributed by atoms with Crippen LogP contribution in [0.2, 0.25) is 0 Å². The first kappa shape index (κ1) is 19.8. The molecule has 1 unspecified atom stereocenters. The lowest BCUT2D eigenvalue weighted by Crippen LogP contribution is -2.33. The third-order valence-electron chi connectivity index (χ3n) is 2.99. The highest BCUT2D eigenvalue weighted by atomic mass is 32.2. The average molecular weight is 360 g/mol. The average Bonchev–Trinajstić information content (AvgIpc) is 2.51. The van der Waals surface area contributed by atoms with Crippen LogP contribution in [0.15, 0.2) is 23.1 Å². The highest BCUT2D eigenvalue weighted by Gasteiger charge is 2.28. The van der Waals surface area contributed by atoms with Crippen molar-refractivity contribution in [1.82, 2.24) is 4.72 Å². The molecule has 0 saturated heterocycles. The van der Waals surface area contributed by atoms with E-state index in [0.717, 1.165) is 12.1 Å². The molecule has 0 bridgehead atoms. The molecule has 0 saturated carbocycles. The summed E-state index contributed by atoms with van der Waals surface area (Å²) in [7, 11) is -2.86. The molecule has 0 aliphatic carbocycles. The van der Waals surface area contributed by atoms with Crippen LogP contribution < -0.4 is 9.46 Å². The van der Waals surface area contributed by atoms with Crippen LogP contribution in [0.25, 0.3) is 0 Å². The van der Waals surface area contributed by atoms with Crippen molar-refractivity contribution < 1.29 is 27.6 Å². The van der Waals surface area contributed by atoms with Gasteiger partial charge in [-0.2, -0.15) is 0 Å². The zero-order valence-corrected chi connectivity index (χ0v) is 14.6. The highest BCUT2D eigenvalue weighted by Crippen LogP contribution is 2.28. The fourth-order valence-electron chi connectivity index (χ4n) is 1.74. The van der Waals surface area contributed by atoms with E-state index in [1.54, 1.807) is 13.8 Å². The Bertz CT molecular complexity index is 716. The Hall–Kier alpha value is -2.20. The molecule has 1 atom stereocenters. The lowest BCUT2D eigenvalue weighted by Gasteiger charge is -2.14. The van der Waals surface area contributed by atoms with Gasteiger partial charge in [0, 0.05) is 6.54 Å². The molecular weight excluding hydrogens is 340 g/mol. The van der Waals surface area contributed by atoms with Gasteiger partial charge in [-0.15, -0.1) is 0 Å². The van der Waals surface area contributed by atoms with E-state index in [9.17, 15) is 23.3 Å². The van der Waals surface area contributed by atoms with Crippen molar-refractivity contribution >= 4 is 21.7 Å². The Balaban J connectivity index is 2.97. The molecule has 0 amide bonds. The summed E-state index contributed by atoms with van der Waals surface area (Å²) < 4.78 is 36.6. The Morgan fingerprint density at radius 1 is 1.33 bits per heavy atom. The molecule has 1 aromatic carbocycles. The molecule has 0 radical (unpaired) electrons.